The van der Waals surface area contributed by atoms with Crippen molar-refractivity contribution in [2.45, 2.75) is 13.3 Å². The Kier molecular flexibility index (Phi) is 2.33. The standard InChI is InChI=1S/C9H11N3OS/c1-3-7-4-8(13)12(5-7)9-11-10-6(2)14-9/h3,7H,1,4-5H2,2H3. The van der Waals surface area contributed by atoms with Gasteiger partial charge in [0.15, 0.2) is 0 Å². The van der Waals surface area contributed by atoms with Crippen molar-refractivity contribution >= 4 is 22.4 Å². The van der Waals surface area contributed by atoms with Gasteiger partial charge in [0.25, 0.3) is 0 Å². The SMILES string of the molecule is C=CC1CC(=O)N(c2nnc(C)s2)C1. The number of hydrogen-bond acceptors (Lipinski definition) is 4. The minimum atomic E-state index is 0.117. The van der Waals surface area contributed by atoms with Gasteiger partial charge in [-0.3, -0.25) is 9.69 Å². The number of nitrogens with zero attached hydrogens (tertiary/aromatic N) is 3. The second-order valence-corrected chi connectivity index (χ2v) is 4.47. The summed E-state index contributed by atoms with van der Waals surface area (Å²) in [5.41, 5.74) is 0. The fourth-order valence-electron chi connectivity index (χ4n) is 1.47. The molecule has 1 atom stereocenters. The van der Waals surface area contributed by atoms with Crippen molar-refractivity contribution in [2.75, 3.05) is 11.4 Å². The molecule has 0 N–H and O–H groups in total. The second-order valence-electron chi connectivity index (χ2n) is 3.31. The summed E-state index contributed by atoms with van der Waals surface area (Å²) in [4.78, 5) is 13.3. The third-order valence-corrected chi connectivity index (χ3v) is 3.10. The molecule has 1 aliphatic heterocycles. The van der Waals surface area contributed by atoms with Gasteiger partial charge in [-0.05, 0) is 6.92 Å². The van der Waals surface area contributed by atoms with Crippen LogP contribution in [0.4, 0.5) is 5.13 Å². The topological polar surface area (TPSA) is 46.1 Å². The number of amides is 1. The Balaban J connectivity index is 2.20. The van der Waals surface area contributed by atoms with Crippen LogP contribution in [0.2, 0.25) is 0 Å². The van der Waals surface area contributed by atoms with E-state index in [-0.39, 0.29) is 11.8 Å². The van der Waals surface area contributed by atoms with Crippen LogP contribution in [-0.4, -0.2) is 22.6 Å². The Morgan fingerprint density at radius 3 is 2.93 bits per heavy atom. The Bertz CT molecular complexity index is 374. The molecule has 0 aliphatic carbocycles. The molecule has 4 nitrogen and oxygen atoms in total. The molecule has 74 valence electrons. The zero-order valence-corrected chi connectivity index (χ0v) is 8.75. The normalized spacial score (nSPS) is 21.6. The molecule has 1 fully saturated rings. The average Bonchev–Trinajstić information content (AvgIpc) is 2.71. The summed E-state index contributed by atoms with van der Waals surface area (Å²) < 4.78 is 0. The zero-order valence-electron chi connectivity index (χ0n) is 7.93. The molecule has 0 aromatic carbocycles. The fraction of sp³-hybridized carbons (Fsp3) is 0.444. The lowest BCUT2D eigenvalue weighted by Crippen LogP contribution is -2.24. The highest BCUT2D eigenvalue weighted by Crippen LogP contribution is 2.27. The largest absolute Gasteiger partial charge is 0.286 e. The van der Waals surface area contributed by atoms with E-state index in [4.69, 9.17) is 0 Å². The quantitative estimate of drug-likeness (QED) is 0.691. The fourth-order valence-corrected chi connectivity index (χ4v) is 2.19. The second kappa shape index (κ2) is 3.49. The number of aryl methyl sites for hydroxylation is 1. The van der Waals surface area contributed by atoms with E-state index in [1.54, 1.807) is 4.90 Å². The molecule has 0 saturated carbocycles. The van der Waals surface area contributed by atoms with Crippen molar-refractivity contribution in [3.63, 3.8) is 0 Å². The van der Waals surface area contributed by atoms with Crippen LogP contribution in [0.1, 0.15) is 11.4 Å². The monoisotopic (exact) mass is 209 g/mol. The Hall–Kier alpha value is -1.23. The Morgan fingerprint density at radius 1 is 1.64 bits per heavy atom. The van der Waals surface area contributed by atoms with Crippen molar-refractivity contribution in [2.24, 2.45) is 5.92 Å². The van der Waals surface area contributed by atoms with Crippen LogP contribution in [0, 0.1) is 12.8 Å². The van der Waals surface area contributed by atoms with Gasteiger partial charge in [0, 0.05) is 18.9 Å². The lowest BCUT2D eigenvalue weighted by Gasteiger charge is -2.10. The van der Waals surface area contributed by atoms with Gasteiger partial charge in [-0.25, -0.2) is 0 Å². The predicted molar refractivity (Wildman–Crippen MR) is 55.3 cm³/mol. The van der Waals surface area contributed by atoms with E-state index < -0.39 is 0 Å². The van der Waals surface area contributed by atoms with Crippen LogP contribution < -0.4 is 4.90 Å². The van der Waals surface area contributed by atoms with E-state index >= 15 is 0 Å². The number of hydrogen-bond donors (Lipinski definition) is 0. The van der Waals surface area contributed by atoms with Crippen molar-refractivity contribution < 1.29 is 4.79 Å². The third kappa shape index (κ3) is 1.55. The number of rotatable bonds is 2. The van der Waals surface area contributed by atoms with Crippen molar-refractivity contribution in [3.8, 4) is 0 Å². The highest BCUT2D eigenvalue weighted by atomic mass is 32.1. The summed E-state index contributed by atoms with van der Waals surface area (Å²) in [6, 6.07) is 0. The van der Waals surface area contributed by atoms with Crippen molar-refractivity contribution in [1.82, 2.24) is 10.2 Å². The van der Waals surface area contributed by atoms with E-state index in [9.17, 15) is 4.79 Å². The molecule has 2 heterocycles. The van der Waals surface area contributed by atoms with Crippen molar-refractivity contribution in [3.05, 3.63) is 17.7 Å². The van der Waals surface area contributed by atoms with Crippen LogP contribution in [-0.2, 0) is 4.79 Å². The summed E-state index contributed by atoms with van der Waals surface area (Å²) >= 11 is 1.45. The maximum absolute atomic E-state index is 11.6. The van der Waals surface area contributed by atoms with E-state index in [2.05, 4.69) is 16.8 Å². The van der Waals surface area contributed by atoms with Gasteiger partial charge >= 0.3 is 0 Å². The molecule has 2 rings (SSSR count). The molecule has 1 aliphatic rings. The van der Waals surface area contributed by atoms with E-state index in [1.165, 1.54) is 11.3 Å². The van der Waals surface area contributed by atoms with Gasteiger partial charge in [0.2, 0.25) is 11.0 Å². The maximum atomic E-state index is 11.6. The molecular weight excluding hydrogens is 198 g/mol. The van der Waals surface area contributed by atoms with Crippen LogP contribution in [0.5, 0.6) is 0 Å². The van der Waals surface area contributed by atoms with Crippen LogP contribution in [0.15, 0.2) is 12.7 Å². The molecule has 5 heteroatoms. The summed E-state index contributed by atoms with van der Waals surface area (Å²) in [5.74, 6) is 0.373. The van der Waals surface area contributed by atoms with Crippen LogP contribution in [0.25, 0.3) is 0 Å². The number of aromatic nitrogens is 2. The molecule has 0 spiro atoms. The molecule has 0 radical (unpaired) electrons. The molecule has 0 bridgehead atoms. The van der Waals surface area contributed by atoms with E-state index in [0.29, 0.717) is 18.1 Å². The lowest BCUT2D eigenvalue weighted by molar-refractivity contribution is -0.117. The van der Waals surface area contributed by atoms with Crippen molar-refractivity contribution in [1.29, 1.82) is 0 Å². The summed E-state index contributed by atoms with van der Waals surface area (Å²) in [6.45, 7) is 6.27. The molecule has 1 unspecified atom stereocenters. The molecule has 1 saturated heterocycles. The highest BCUT2D eigenvalue weighted by molar-refractivity contribution is 7.15. The Morgan fingerprint density at radius 2 is 2.43 bits per heavy atom. The predicted octanol–water partition coefficient (Wildman–Crippen LogP) is 1.39. The number of anilines is 1. The molecule has 14 heavy (non-hydrogen) atoms. The zero-order chi connectivity index (χ0) is 10.1. The smallest absolute Gasteiger partial charge is 0.229 e. The summed E-state index contributed by atoms with van der Waals surface area (Å²) in [6.07, 6.45) is 2.37. The van der Waals surface area contributed by atoms with Gasteiger partial charge in [-0.15, -0.1) is 16.8 Å². The van der Waals surface area contributed by atoms with E-state index in [1.807, 2.05) is 13.0 Å². The molecular formula is C9H11N3OS. The lowest BCUT2D eigenvalue weighted by atomic mass is 10.1. The first-order chi connectivity index (χ1) is 6.70. The van der Waals surface area contributed by atoms with Gasteiger partial charge in [-0.1, -0.05) is 17.4 Å². The van der Waals surface area contributed by atoms with E-state index in [0.717, 1.165) is 5.01 Å². The Labute approximate surface area is 86.3 Å². The molecule has 1 amide bonds. The summed E-state index contributed by atoms with van der Waals surface area (Å²) in [5, 5.41) is 9.44. The van der Waals surface area contributed by atoms with Crippen LogP contribution >= 0.6 is 11.3 Å². The molecule has 1 aromatic rings. The van der Waals surface area contributed by atoms with Gasteiger partial charge in [0.1, 0.15) is 5.01 Å². The van der Waals surface area contributed by atoms with Gasteiger partial charge in [0.05, 0.1) is 0 Å². The average molecular weight is 209 g/mol. The summed E-state index contributed by atoms with van der Waals surface area (Å²) in [7, 11) is 0. The number of carbonyl (C=O) groups is 1. The minimum absolute atomic E-state index is 0.117. The van der Waals surface area contributed by atoms with Crippen LogP contribution in [0.3, 0.4) is 0 Å². The molecule has 1 aromatic heterocycles. The highest BCUT2D eigenvalue weighted by Gasteiger charge is 2.30. The van der Waals surface area contributed by atoms with Gasteiger partial charge in [-0.2, -0.15) is 0 Å². The maximum Gasteiger partial charge on any atom is 0.229 e. The number of carbonyl (C=O) groups excluding carboxylic acids is 1. The third-order valence-electron chi connectivity index (χ3n) is 2.23. The minimum Gasteiger partial charge on any atom is -0.286 e. The first-order valence-corrected chi connectivity index (χ1v) is 5.25. The van der Waals surface area contributed by atoms with Gasteiger partial charge < -0.3 is 0 Å². The first kappa shape index (κ1) is 9.33. The first-order valence-electron chi connectivity index (χ1n) is 4.43.